The van der Waals surface area contributed by atoms with E-state index in [4.69, 9.17) is 4.42 Å². The smallest absolute Gasteiger partial charge is 0.278 e. The predicted molar refractivity (Wildman–Crippen MR) is 97.2 cm³/mol. The molecule has 136 valence electrons. The van der Waals surface area contributed by atoms with E-state index in [1.807, 2.05) is 20.8 Å². The number of aromatic nitrogens is 4. The largest absolute Gasteiger partial charge is 0.439 e. The van der Waals surface area contributed by atoms with Gasteiger partial charge in [0.15, 0.2) is 11.5 Å². The van der Waals surface area contributed by atoms with Crippen LogP contribution in [0, 0.1) is 0 Å². The van der Waals surface area contributed by atoms with Gasteiger partial charge in [-0.25, -0.2) is 14.6 Å². The molecule has 26 heavy (non-hydrogen) atoms. The van der Waals surface area contributed by atoms with Crippen LogP contribution in [0.25, 0.3) is 11.0 Å². The summed E-state index contributed by atoms with van der Waals surface area (Å²) in [5.41, 5.74) is 0.679. The summed E-state index contributed by atoms with van der Waals surface area (Å²) in [7, 11) is 0. The number of hydrogen-bond acceptors (Lipinski definition) is 7. The van der Waals surface area contributed by atoms with E-state index in [2.05, 4.69) is 25.7 Å². The number of hydrogen-bond donors (Lipinski definition) is 2. The van der Waals surface area contributed by atoms with Crippen LogP contribution in [-0.2, 0) is 11.3 Å². The first-order chi connectivity index (χ1) is 12.5. The van der Waals surface area contributed by atoms with E-state index in [1.165, 1.54) is 12.4 Å². The van der Waals surface area contributed by atoms with Gasteiger partial charge < -0.3 is 9.73 Å². The Morgan fingerprint density at radius 1 is 1.31 bits per heavy atom. The highest BCUT2D eigenvalue weighted by Gasteiger charge is 2.19. The molecule has 0 spiro atoms. The molecule has 3 aromatic heterocycles. The van der Waals surface area contributed by atoms with Crippen LogP contribution >= 0.6 is 0 Å². The van der Waals surface area contributed by atoms with Crippen molar-refractivity contribution in [3.63, 3.8) is 0 Å². The van der Waals surface area contributed by atoms with Crippen molar-refractivity contribution in [1.82, 2.24) is 19.7 Å². The van der Waals surface area contributed by atoms with Gasteiger partial charge in [0.05, 0.1) is 5.39 Å². The van der Waals surface area contributed by atoms with Crippen LogP contribution in [-0.4, -0.2) is 32.2 Å². The van der Waals surface area contributed by atoms with Crippen LogP contribution in [0.5, 0.6) is 0 Å². The third-order valence-corrected chi connectivity index (χ3v) is 3.67. The Hall–Kier alpha value is -3.23. The molecule has 0 fully saturated rings. The lowest BCUT2D eigenvalue weighted by atomic mass is 10.1. The Labute approximate surface area is 149 Å². The van der Waals surface area contributed by atoms with E-state index in [1.54, 1.807) is 12.1 Å². The van der Waals surface area contributed by atoms with E-state index in [9.17, 15) is 9.59 Å². The lowest BCUT2D eigenvalue weighted by Crippen LogP contribution is -2.31. The molecule has 9 nitrogen and oxygen atoms in total. The molecule has 0 aliphatic heterocycles. The van der Waals surface area contributed by atoms with Crippen LogP contribution in [0.2, 0.25) is 0 Å². The van der Waals surface area contributed by atoms with Crippen molar-refractivity contribution in [2.75, 3.05) is 17.2 Å². The Bertz CT molecular complexity index is 977. The van der Waals surface area contributed by atoms with E-state index >= 15 is 0 Å². The molecule has 0 saturated carbocycles. The van der Waals surface area contributed by atoms with Crippen molar-refractivity contribution in [2.24, 2.45) is 0 Å². The molecule has 0 aromatic carbocycles. The number of rotatable bonds is 6. The van der Waals surface area contributed by atoms with Crippen molar-refractivity contribution in [1.29, 1.82) is 0 Å². The summed E-state index contributed by atoms with van der Waals surface area (Å²) in [6.45, 7) is 6.25. The van der Waals surface area contributed by atoms with Gasteiger partial charge in [0.1, 0.15) is 12.2 Å². The second-order valence-electron chi connectivity index (χ2n) is 6.01. The number of nitrogens with one attached hydrogen (secondary N) is 2. The lowest BCUT2D eigenvalue weighted by Gasteiger charge is -2.10. The van der Waals surface area contributed by atoms with Gasteiger partial charge in [0.25, 0.3) is 5.56 Å². The summed E-state index contributed by atoms with van der Waals surface area (Å²) in [6.07, 6.45) is 3.04. The molecular weight excluding hydrogens is 336 g/mol. The Balaban J connectivity index is 1.96. The number of carbonyl (C=O) groups excluding carboxylic acids is 1. The molecule has 2 N–H and O–H groups in total. The summed E-state index contributed by atoms with van der Waals surface area (Å²) >= 11 is 0. The summed E-state index contributed by atoms with van der Waals surface area (Å²) in [6, 6.07) is 3.29. The van der Waals surface area contributed by atoms with E-state index in [0.717, 1.165) is 4.68 Å². The number of fused-ring (bicyclic) bond motifs is 1. The normalized spacial score (nSPS) is 11.1. The molecule has 3 aromatic rings. The van der Waals surface area contributed by atoms with Gasteiger partial charge in [-0.1, -0.05) is 13.8 Å². The highest BCUT2D eigenvalue weighted by Crippen LogP contribution is 2.26. The molecule has 1 amide bonds. The van der Waals surface area contributed by atoms with Gasteiger partial charge in [-0.05, 0) is 13.0 Å². The fourth-order valence-electron chi connectivity index (χ4n) is 2.51. The molecule has 0 saturated heterocycles. The first-order valence-electron chi connectivity index (χ1n) is 8.35. The van der Waals surface area contributed by atoms with Crippen LogP contribution in [0.3, 0.4) is 0 Å². The molecule has 3 rings (SSSR count). The number of carbonyl (C=O) groups is 1. The first kappa shape index (κ1) is 17.6. The van der Waals surface area contributed by atoms with E-state index in [0.29, 0.717) is 29.1 Å². The zero-order chi connectivity index (χ0) is 18.7. The zero-order valence-electron chi connectivity index (χ0n) is 14.8. The number of nitrogens with zero attached hydrogens (tertiary/aromatic N) is 4. The predicted octanol–water partition coefficient (Wildman–Crippen LogP) is 1.97. The van der Waals surface area contributed by atoms with Crippen LogP contribution < -0.4 is 16.2 Å². The molecular formula is C17H20N6O3. The molecule has 0 bridgehead atoms. The van der Waals surface area contributed by atoms with Gasteiger partial charge in [0.2, 0.25) is 11.9 Å². The third-order valence-electron chi connectivity index (χ3n) is 3.67. The minimum Gasteiger partial charge on any atom is -0.439 e. The molecule has 0 atom stereocenters. The maximum Gasteiger partial charge on any atom is 0.278 e. The average Bonchev–Trinajstić information content (AvgIpc) is 3.02. The SMILES string of the molecule is CCNc1cc2c(=O)n(CC(=O)Nc3ncccn3)nc(C(C)C)c2o1. The quantitative estimate of drug-likeness (QED) is 0.694. The van der Waals surface area contributed by atoms with Gasteiger partial charge in [-0.15, -0.1) is 0 Å². The van der Waals surface area contributed by atoms with Crippen LogP contribution in [0.4, 0.5) is 11.8 Å². The number of amides is 1. The number of anilines is 2. The van der Waals surface area contributed by atoms with Crippen molar-refractivity contribution in [3.8, 4) is 0 Å². The molecule has 9 heteroatoms. The monoisotopic (exact) mass is 356 g/mol. The van der Waals surface area contributed by atoms with Crippen molar-refractivity contribution < 1.29 is 9.21 Å². The van der Waals surface area contributed by atoms with E-state index in [-0.39, 0.29) is 24.0 Å². The Kier molecular flexibility index (Phi) is 4.97. The van der Waals surface area contributed by atoms with Crippen molar-refractivity contribution in [2.45, 2.75) is 33.2 Å². The summed E-state index contributed by atoms with van der Waals surface area (Å²) < 4.78 is 6.87. The highest BCUT2D eigenvalue weighted by atomic mass is 16.4. The lowest BCUT2D eigenvalue weighted by molar-refractivity contribution is -0.117. The number of furan rings is 1. The van der Waals surface area contributed by atoms with Gasteiger partial charge in [0, 0.05) is 30.9 Å². The van der Waals surface area contributed by atoms with Crippen LogP contribution in [0.1, 0.15) is 32.4 Å². The molecule has 3 heterocycles. The molecule has 0 aliphatic carbocycles. The molecule has 0 unspecified atom stereocenters. The van der Waals surface area contributed by atoms with Gasteiger partial charge in [-0.3, -0.25) is 14.9 Å². The second kappa shape index (κ2) is 7.34. The summed E-state index contributed by atoms with van der Waals surface area (Å²) in [4.78, 5) is 32.8. The second-order valence-corrected chi connectivity index (χ2v) is 6.01. The van der Waals surface area contributed by atoms with E-state index < -0.39 is 5.91 Å². The van der Waals surface area contributed by atoms with Gasteiger partial charge >= 0.3 is 0 Å². The highest BCUT2D eigenvalue weighted by molar-refractivity contribution is 5.89. The topological polar surface area (TPSA) is 115 Å². The van der Waals surface area contributed by atoms with Crippen molar-refractivity contribution >= 4 is 28.7 Å². The molecule has 0 aliphatic rings. The standard InChI is InChI=1S/C17H20N6O3/c1-4-18-13-8-11-15(26-13)14(10(2)3)22-23(16(11)25)9-12(24)21-17-19-6-5-7-20-17/h5-8,10,18H,4,9H2,1-3H3,(H,19,20,21,24). The molecule has 0 radical (unpaired) electrons. The minimum absolute atomic E-state index is 0.0190. The van der Waals surface area contributed by atoms with Crippen LogP contribution in [0.15, 0.2) is 33.7 Å². The zero-order valence-corrected chi connectivity index (χ0v) is 14.8. The fourth-order valence-corrected chi connectivity index (χ4v) is 2.51. The van der Waals surface area contributed by atoms with Crippen molar-refractivity contribution in [3.05, 3.63) is 40.6 Å². The summed E-state index contributed by atoms with van der Waals surface area (Å²) in [5.74, 6) is 0.261. The first-order valence-corrected chi connectivity index (χ1v) is 8.35. The maximum atomic E-state index is 12.7. The Morgan fingerprint density at radius 2 is 2.04 bits per heavy atom. The van der Waals surface area contributed by atoms with Gasteiger partial charge in [-0.2, -0.15) is 5.10 Å². The third kappa shape index (κ3) is 3.56. The Morgan fingerprint density at radius 3 is 2.69 bits per heavy atom. The average molecular weight is 356 g/mol. The fraction of sp³-hybridized carbons (Fsp3) is 0.353. The maximum absolute atomic E-state index is 12.7. The minimum atomic E-state index is -0.435. The summed E-state index contributed by atoms with van der Waals surface area (Å²) in [5, 5.41) is 10.3.